The molecule has 1 fully saturated rings. The minimum Gasteiger partial charge on any atom is -0.480 e. The normalized spacial score (nSPS) is 18.1. The predicted octanol–water partition coefficient (Wildman–Crippen LogP) is 1.40. The van der Waals surface area contributed by atoms with Gasteiger partial charge in [0.25, 0.3) is 0 Å². The van der Waals surface area contributed by atoms with E-state index in [2.05, 4.69) is 10.3 Å². The number of rotatable bonds is 4. The number of aryl methyl sites for hydroxylation is 1. The molecule has 20 heavy (non-hydrogen) atoms. The van der Waals surface area contributed by atoms with Gasteiger partial charge in [-0.2, -0.15) is 0 Å². The fraction of sp³-hybridized carbons (Fsp3) is 0.500. The molecule has 6 nitrogen and oxygen atoms in total. The van der Waals surface area contributed by atoms with E-state index in [4.69, 9.17) is 5.11 Å². The third kappa shape index (κ3) is 3.07. The Morgan fingerprint density at radius 2 is 2.35 bits per heavy atom. The highest BCUT2D eigenvalue weighted by atomic mass is 16.4. The van der Waals surface area contributed by atoms with Crippen molar-refractivity contribution >= 4 is 12.0 Å². The van der Waals surface area contributed by atoms with Gasteiger partial charge in [-0.15, -0.1) is 0 Å². The molecule has 0 aromatic carbocycles. The number of carbonyl (C=O) groups excluding carboxylic acids is 1. The smallest absolute Gasteiger partial charge is 0.326 e. The quantitative estimate of drug-likeness (QED) is 0.871. The van der Waals surface area contributed by atoms with Crippen LogP contribution in [0.3, 0.4) is 0 Å². The van der Waals surface area contributed by atoms with Crippen molar-refractivity contribution in [2.24, 2.45) is 0 Å². The summed E-state index contributed by atoms with van der Waals surface area (Å²) >= 11 is 0. The fourth-order valence-electron chi connectivity index (χ4n) is 2.48. The van der Waals surface area contributed by atoms with Crippen LogP contribution in [0.4, 0.5) is 4.79 Å². The predicted molar refractivity (Wildman–Crippen MR) is 73.2 cm³/mol. The molecular formula is C14H19N3O3. The zero-order chi connectivity index (χ0) is 14.5. The highest BCUT2D eigenvalue weighted by Crippen LogP contribution is 2.17. The van der Waals surface area contributed by atoms with Gasteiger partial charge in [0.2, 0.25) is 0 Å². The number of hydrogen-bond donors (Lipinski definition) is 2. The van der Waals surface area contributed by atoms with Crippen molar-refractivity contribution in [2.45, 2.75) is 38.8 Å². The Labute approximate surface area is 117 Å². The molecule has 0 aliphatic carbocycles. The Morgan fingerprint density at radius 3 is 3.05 bits per heavy atom. The van der Waals surface area contributed by atoms with Gasteiger partial charge in [-0.3, -0.25) is 4.98 Å². The lowest BCUT2D eigenvalue weighted by Gasteiger charge is -2.22. The van der Waals surface area contributed by atoms with Gasteiger partial charge in [0, 0.05) is 12.7 Å². The van der Waals surface area contributed by atoms with Crippen LogP contribution in [-0.4, -0.2) is 39.6 Å². The van der Waals surface area contributed by atoms with Gasteiger partial charge < -0.3 is 15.3 Å². The molecule has 1 atom stereocenters. The van der Waals surface area contributed by atoms with E-state index in [0.717, 1.165) is 24.1 Å². The molecule has 2 heterocycles. The largest absolute Gasteiger partial charge is 0.480 e. The number of nitrogens with one attached hydrogen (secondary N) is 1. The van der Waals surface area contributed by atoms with E-state index in [1.165, 1.54) is 4.90 Å². The fourth-order valence-corrected chi connectivity index (χ4v) is 2.48. The lowest BCUT2D eigenvalue weighted by Crippen LogP contribution is -2.45. The number of carboxylic acids is 1. The maximum atomic E-state index is 12.1. The average molecular weight is 277 g/mol. The van der Waals surface area contributed by atoms with Crippen LogP contribution in [-0.2, 0) is 17.8 Å². The number of urea groups is 1. The average Bonchev–Trinajstić information content (AvgIpc) is 2.94. The second-order valence-electron chi connectivity index (χ2n) is 4.81. The van der Waals surface area contributed by atoms with Gasteiger partial charge in [-0.1, -0.05) is 13.0 Å². The standard InChI is InChI=1S/C14H19N3O3/c1-2-10-5-3-7-15-11(10)9-16-14(20)17-8-4-6-12(17)13(18)19/h3,5,7,12H,2,4,6,8-9H2,1H3,(H,16,20)(H,18,19)/t12-/m0/s1. The van der Waals surface area contributed by atoms with Gasteiger partial charge in [0.1, 0.15) is 6.04 Å². The van der Waals surface area contributed by atoms with Crippen LogP contribution < -0.4 is 5.32 Å². The Morgan fingerprint density at radius 1 is 1.55 bits per heavy atom. The van der Waals surface area contributed by atoms with Gasteiger partial charge in [-0.05, 0) is 30.9 Å². The number of likely N-dealkylation sites (tertiary alicyclic amines) is 1. The van der Waals surface area contributed by atoms with Gasteiger partial charge in [-0.25, -0.2) is 9.59 Å². The monoisotopic (exact) mass is 277 g/mol. The number of nitrogens with zero attached hydrogens (tertiary/aromatic N) is 2. The van der Waals surface area contributed by atoms with E-state index in [9.17, 15) is 9.59 Å². The van der Waals surface area contributed by atoms with Crippen LogP contribution in [0.5, 0.6) is 0 Å². The van der Waals surface area contributed by atoms with Crippen molar-refractivity contribution in [1.29, 1.82) is 0 Å². The molecule has 0 unspecified atom stereocenters. The van der Waals surface area contributed by atoms with Gasteiger partial charge in [0.05, 0.1) is 12.2 Å². The van der Waals surface area contributed by atoms with Crippen molar-refractivity contribution in [1.82, 2.24) is 15.2 Å². The van der Waals surface area contributed by atoms with E-state index in [0.29, 0.717) is 19.5 Å². The SMILES string of the molecule is CCc1cccnc1CNC(=O)N1CCC[C@H]1C(=O)O. The second kappa shape index (κ2) is 6.36. The highest BCUT2D eigenvalue weighted by molar-refractivity contribution is 5.83. The summed E-state index contributed by atoms with van der Waals surface area (Å²) < 4.78 is 0. The molecule has 1 saturated heterocycles. The van der Waals surface area contributed by atoms with Crippen LogP contribution >= 0.6 is 0 Å². The molecule has 0 saturated carbocycles. The van der Waals surface area contributed by atoms with Crippen molar-refractivity contribution in [3.05, 3.63) is 29.6 Å². The van der Waals surface area contributed by atoms with Crippen LogP contribution in [0.15, 0.2) is 18.3 Å². The van der Waals surface area contributed by atoms with Crippen molar-refractivity contribution in [3.8, 4) is 0 Å². The highest BCUT2D eigenvalue weighted by Gasteiger charge is 2.33. The number of carbonyl (C=O) groups is 2. The molecular weight excluding hydrogens is 258 g/mol. The maximum absolute atomic E-state index is 12.1. The van der Waals surface area contributed by atoms with Crippen molar-refractivity contribution in [3.63, 3.8) is 0 Å². The molecule has 2 N–H and O–H groups in total. The molecule has 1 aromatic rings. The number of hydrogen-bond acceptors (Lipinski definition) is 3. The second-order valence-corrected chi connectivity index (χ2v) is 4.81. The summed E-state index contributed by atoms with van der Waals surface area (Å²) in [4.78, 5) is 28.8. The summed E-state index contributed by atoms with van der Waals surface area (Å²) in [5.41, 5.74) is 1.92. The Kier molecular flexibility index (Phi) is 4.55. The van der Waals surface area contributed by atoms with Crippen LogP contribution in [0, 0.1) is 0 Å². The lowest BCUT2D eigenvalue weighted by molar-refractivity contribution is -0.141. The molecule has 2 rings (SSSR count). The molecule has 1 aliphatic rings. The first-order chi connectivity index (χ1) is 9.63. The van der Waals surface area contributed by atoms with E-state index in [-0.39, 0.29) is 6.03 Å². The van der Waals surface area contributed by atoms with E-state index in [1.807, 2.05) is 19.1 Å². The van der Waals surface area contributed by atoms with E-state index in [1.54, 1.807) is 6.20 Å². The summed E-state index contributed by atoms with van der Waals surface area (Å²) in [6.45, 7) is 2.85. The molecule has 2 amide bonds. The summed E-state index contributed by atoms with van der Waals surface area (Å²) in [6.07, 6.45) is 3.79. The molecule has 0 spiro atoms. The number of pyridine rings is 1. The molecule has 1 aromatic heterocycles. The van der Waals surface area contributed by atoms with E-state index < -0.39 is 12.0 Å². The number of amides is 2. The van der Waals surface area contributed by atoms with Crippen LogP contribution in [0.1, 0.15) is 31.0 Å². The first-order valence-corrected chi connectivity index (χ1v) is 6.83. The van der Waals surface area contributed by atoms with E-state index >= 15 is 0 Å². The summed E-state index contributed by atoms with van der Waals surface area (Å²) in [5.74, 6) is -0.940. The molecule has 6 heteroatoms. The Bertz CT molecular complexity index is 504. The third-order valence-corrected chi connectivity index (χ3v) is 3.57. The first kappa shape index (κ1) is 14.3. The summed E-state index contributed by atoms with van der Waals surface area (Å²) in [6, 6.07) is 2.81. The number of aliphatic carboxylic acids is 1. The van der Waals surface area contributed by atoms with Crippen molar-refractivity contribution < 1.29 is 14.7 Å². The summed E-state index contributed by atoms with van der Waals surface area (Å²) in [5, 5.41) is 11.8. The minimum atomic E-state index is -0.940. The van der Waals surface area contributed by atoms with Crippen LogP contribution in [0.2, 0.25) is 0 Å². The summed E-state index contributed by atoms with van der Waals surface area (Å²) in [7, 11) is 0. The molecule has 0 radical (unpaired) electrons. The molecule has 108 valence electrons. The van der Waals surface area contributed by atoms with Gasteiger partial charge >= 0.3 is 12.0 Å². The Hall–Kier alpha value is -2.11. The van der Waals surface area contributed by atoms with Crippen LogP contribution in [0.25, 0.3) is 0 Å². The maximum Gasteiger partial charge on any atom is 0.326 e. The first-order valence-electron chi connectivity index (χ1n) is 6.83. The third-order valence-electron chi connectivity index (χ3n) is 3.57. The molecule has 1 aliphatic heterocycles. The Balaban J connectivity index is 1.97. The van der Waals surface area contributed by atoms with Crippen molar-refractivity contribution in [2.75, 3.05) is 6.54 Å². The zero-order valence-corrected chi connectivity index (χ0v) is 11.5. The zero-order valence-electron chi connectivity index (χ0n) is 11.5. The number of carboxylic acid groups (broad SMARTS) is 1. The lowest BCUT2D eigenvalue weighted by atomic mass is 10.1. The topological polar surface area (TPSA) is 82.5 Å². The minimum absolute atomic E-state index is 0.325. The van der Waals surface area contributed by atoms with Gasteiger partial charge in [0.15, 0.2) is 0 Å². The molecule has 0 bridgehead atoms. The number of aromatic nitrogens is 1.